The van der Waals surface area contributed by atoms with E-state index in [-0.39, 0.29) is 11.9 Å². The van der Waals surface area contributed by atoms with Gasteiger partial charge in [0, 0.05) is 43.9 Å². The number of rotatable bonds is 7. The Bertz CT molecular complexity index is 1380. The maximum atomic E-state index is 13.3. The molecule has 5 rings (SSSR count). The topological polar surface area (TPSA) is 85.1 Å². The first kappa shape index (κ1) is 24.9. The number of benzene rings is 1. The molecule has 194 valence electrons. The third-order valence-corrected chi connectivity index (χ3v) is 7.29. The van der Waals surface area contributed by atoms with E-state index in [9.17, 15) is 9.18 Å². The summed E-state index contributed by atoms with van der Waals surface area (Å²) in [5.74, 6) is 1.43. The Morgan fingerprint density at radius 1 is 1.14 bits per heavy atom. The van der Waals surface area contributed by atoms with Crippen molar-refractivity contribution in [3.05, 3.63) is 53.3 Å². The van der Waals surface area contributed by atoms with Crippen LogP contribution >= 0.6 is 11.3 Å². The lowest BCUT2D eigenvalue weighted by atomic mass is 10.1. The maximum Gasteiger partial charge on any atom is 0.508 e. The van der Waals surface area contributed by atoms with Gasteiger partial charge in [0.15, 0.2) is 16.6 Å². The number of piperidine rings is 1. The fourth-order valence-electron chi connectivity index (χ4n) is 4.45. The summed E-state index contributed by atoms with van der Waals surface area (Å²) in [6.45, 7) is 5.57. The number of aromatic nitrogens is 4. The number of anilines is 3. The van der Waals surface area contributed by atoms with E-state index >= 15 is 0 Å². The van der Waals surface area contributed by atoms with Crippen molar-refractivity contribution in [3.63, 3.8) is 0 Å². The van der Waals surface area contributed by atoms with Crippen molar-refractivity contribution in [2.24, 2.45) is 0 Å². The Kier molecular flexibility index (Phi) is 7.22. The number of imidazole rings is 1. The van der Waals surface area contributed by atoms with E-state index in [1.54, 1.807) is 19.1 Å². The van der Waals surface area contributed by atoms with Crippen molar-refractivity contribution in [2.75, 3.05) is 36.5 Å². The molecule has 1 aliphatic heterocycles. The third-order valence-electron chi connectivity index (χ3n) is 6.37. The molecule has 0 amide bonds. The monoisotopic (exact) mass is 524 g/mol. The second kappa shape index (κ2) is 10.7. The zero-order valence-corrected chi connectivity index (χ0v) is 21.9. The van der Waals surface area contributed by atoms with Crippen LogP contribution < -0.4 is 9.80 Å². The average Bonchev–Trinajstić information content (AvgIpc) is 3.54. The number of thiazole rings is 1. The van der Waals surface area contributed by atoms with Gasteiger partial charge >= 0.3 is 6.16 Å². The lowest BCUT2D eigenvalue weighted by Gasteiger charge is -2.32. The summed E-state index contributed by atoms with van der Waals surface area (Å²) in [4.78, 5) is 25.4. The highest BCUT2D eigenvalue weighted by Gasteiger charge is 2.25. The summed E-state index contributed by atoms with van der Waals surface area (Å²) in [6.07, 6.45) is 1.40. The van der Waals surface area contributed by atoms with Crippen molar-refractivity contribution < 1.29 is 18.7 Å². The predicted molar refractivity (Wildman–Crippen MR) is 141 cm³/mol. The van der Waals surface area contributed by atoms with Crippen LogP contribution in [0.3, 0.4) is 0 Å². The summed E-state index contributed by atoms with van der Waals surface area (Å²) >= 11 is 1.51. The van der Waals surface area contributed by atoms with Crippen molar-refractivity contribution in [2.45, 2.75) is 39.2 Å². The highest BCUT2D eigenvalue weighted by atomic mass is 32.1. The number of halogens is 1. The van der Waals surface area contributed by atoms with Gasteiger partial charge in [-0.15, -0.1) is 16.4 Å². The van der Waals surface area contributed by atoms with Gasteiger partial charge in [-0.1, -0.05) is 6.92 Å². The molecule has 1 aliphatic rings. The number of nitrogens with zero attached hydrogens (tertiary/aromatic N) is 6. The average molecular weight is 525 g/mol. The molecule has 0 radical (unpaired) electrons. The summed E-state index contributed by atoms with van der Waals surface area (Å²) < 4.78 is 25.5. The molecule has 0 spiro atoms. The number of ether oxygens (including phenoxy) is 2. The molecule has 9 nitrogen and oxygen atoms in total. The highest BCUT2D eigenvalue weighted by Crippen LogP contribution is 2.34. The minimum absolute atomic E-state index is 0.152. The Balaban J connectivity index is 1.38. The van der Waals surface area contributed by atoms with E-state index in [1.165, 1.54) is 23.5 Å². The van der Waals surface area contributed by atoms with Crippen LogP contribution in [0.25, 0.3) is 16.9 Å². The number of carbonyl (C=O) groups is 1. The molecule has 0 N–H and O–H groups in total. The predicted octanol–water partition coefficient (Wildman–Crippen LogP) is 5.46. The van der Waals surface area contributed by atoms with Crippen LogP contribution in [0.5, 0.6) is 0 Å². The number of hydrogen-bond donors (Lipinski definition) is 0. The third kappa shape index (κ3) is 5.22. The zero-order chi connectivity index (χ0) is 25.9. The van der Waals surface area contributed by atoms with Crippen LogP contribution in [0, 0.1) is 5.82 Å². The van der Waals surface area contributed by atoms with E-state index < -0.39 is 6.16 Å². The van der Waals surface area contributed by atoms with Gasteiger partial charge in [-0.05, 0) is 49.7 Å². The van der Waals surface area contributed by atoms with Crippen LogP contribution in [-0.4, -0.2) is 58.6 Å². The fourth-order valence-corrected chi connectivity index (χ4v) is 5.25. The standard InChI is InChI=1S/C26H29FN6O3S/c1-4-20-24(31(3)25-29-21(16-37-25)17-6-8-18(27)9-7-17)33-22(28-20)10-11-23(30-33)32-14-12-19(13-15-32)36-26(34)35-5-2/h6-11,16,19H,4-5,12-15H2,1-3H3. The number of fused-ring (bicyclic) bond motifs is 1. The van der Waals surface area contributed by atoms with Crippen LogP contribution in [0.1, 0.15) is 32.4 Å². The molecule has 0 aliphatic carbocycles. The molecule has 37 heavy (non-hydrogen) atoms. The fraction of sp³-hybridized carbons (Fsp3) is 0.385. The number of carbonyl (C=O) groups excluding carboxylic acids is 1. The van der Waals surface area contributed by atoms with Gasteiger partial charge in [-0.25, -0.2) is 19.2 Å². The van der Waals surface area contributed by atoms with E-state index in [4.69, 9.17) is 24.5 Å². The normalized spacial score (nSPS) is 14.2. The van der Waals surface area contributed by atoms with Crippen LogP contribution in [0.15, 0.2) is 41.8 Å². The van der Waals surface area contributed by atoms with Gasteiger partial charge in [-0.3, -0.25) is 0 Å². The molecule has 4 aromatic rings. The summed E-state index contributed by atoms with van der Waals surface area (Å²) in [6, 6.07) is 10.3. The first-order valence-electron chi connectivity index (χ1n) is 12.4. The second-order valence-electron chi connectivity index (χ2n) is 8.77. The molecule has 0 bridgehead atoms. The summed E-state index contributed by atoms with van der Waals surface area (Å²) in [5, 5.41) is 7.70. The molecule has 1 saturated heterocycles. The largest absolute Gasteiger partial charge is 0.508 e. The van der Waals surface area contributed by atoms with Gasteiger partial charge in [-0.2, -0.15) is 4.52 Å². The summed E-state index contributed by atoms with van der Waals surface area (Å²) in [7, 11) is 1.96. The van der Waals surface area contributed by atoms with Crippen molar-refractivity contribution in [3.8, 4) is 11.3 Å². The molecule has 0 saturated carbocycles. The Hall–Kier alpha value is -3.73. The minimum atomic E-state index is -0.608. The molecule has 0 unspecified atom stereocenters. The highest BCUT2D eigenvalue weighted by molar-refractivity contribution is 7.14. The smallest absolute Gasteiger partial charge is 0.435 e. The van der Waals surface area contributed by atoms with Gasteiger partial charge in [0.2, 0.25) is 0 Å². The van der Waals surface area contributed by atoms with E-state index in [0.29, 0.717) is 19.4 Å². The lowest BCUT2D eigenvalue weighted by Crippen LogP contribution is -2.38. The number of hydrogen-bond acceptors (Lipinski definition) is 9. The van der Waals surface area contributed by atoms with Crippen molar-refractivity contribution in [1.29, 1.82) is 0 Å². The number of aryl methyl sites for hydroxylation is 1. The molecule has 1 fully saturated rings. The van der Waals surface area contributed by atoms with Gasteiger partial charge < -0.3 is 19.3 Å². The first-order chi connectivity index (χ1) is 18.0. The SMILES string of the molecule is CCOC(=O)OC1CCN(c2ccc3nc(CC)c(N(C)c4nc(-c5ccc(F)cc5)cs4)n3n2)CC1. The Morgan fingerprint density at radius 3 is 2.59 bits per heavy atom. The Morgan fingerprint density at radius 2 is 1.89 bits per heavy atom. The second-order valence-corrected chi connectivity index (χ2v) is 9.60. The van der Waals surface area contributed by atoms with Crippen LogP contribution in [0.4, 0.5) is 26.0 Å². The molecule has 11 heteroatoms. The lowest BCUT2D eigenvalue weighted by molar-refractivity contribution is 0.0183. The van der Waals surface area contributed by atoms with Gasteiger partial charge in [0.1, 0.15) is 17.7 Å². The zero-order valence-electron chi connectivity index (χ0n) is 21.1. The minimum Gasteiger partial charge on any atom is -0.435 e. The van der Waals surface area contributed by atoms with E-state index in [2.05, 4.69) is 11.8 Å². The van der Waals surface area contributed by atoms with Crippen molar-refractivity contribution >= 4 is 39.9 Å². The molecule has 1 aromatic carbocycles. The van der Waals surface area contributed by atoms with Crippen molar-refractivity contribution in [1.82, 2.24) is 19.6 Å². The first-order valence-corrected chi connectivity index (χ1v) is 13.3. The molecule has 0 atom stereocenters. The maximum absolute atomic E-state index is 13.3. The van der Waals surface area contributed by atoms with Gasteiger partial charge in [0.25, 0.3) is 0 Å². The molecule has 4 heterocycles. The Labute approximate surface area is 218 Å². The van der Waals surface area contributed by atoms with Crippen LogP contribution in [-0.2, 0) is 15.9 Å². The molecule has 3 aromatic heterocycles. The van der Waals surface area contributed by atoms with E-state index in [1.807, 2.05) is 34.0 Å². The summed E-state index contributed by atoms with van der Waals surface area (Å²) in [5.41, 5.74) is 3.34. The molecular weight excluding hydrogens is 495 g/mol. The van der Waals surface area contributed by atoms with E-state index in [0.717, 1.165) is 58.9 Å². The van der Waals surface area contributed by atoms with Crippen LogP contribution in [0.2, 0.25) is 0 Å². The molecular formula is C26H29FN6O3S. The van der Waals surface area contributed by atoms with Gasteiger partial charge in [0.05, 0.1) is 18.0 Å². The quantitative estimate of drug-likeness (QED) is 0.295.